The van der Waals surface area contributed by atoms with Crippen molar-refractivity contribution in [2.75, 3.05) is 23.8 Å². The summed E-state index contributed by atoms with van der Waals surface area (Å²) in [6.07, 6.45) is 5.11. The molecule has 0 radical (unpaired) electrons. The molecule has 2 aromatic rings. The van der Waals surface area contributed by atoms with Crippen LogP contribution >= 0.6 is 0 Å². The molecule has 0 aliphatic carbocycles. The van der Waals surface area contributed by atoms with Gasteiger partial charge in [-0.1, -0.05) is 6.92 Å². The van der Waals surface area contributed by atoms with E-state index in [4.69, 9.17) is 0 Å². The highest BCUT2D eigenvalue weighted by Gasteiger charge is 2.03. The lowest BCUT2D eigenvalue weighted by molar-refractivity contribution is -0.115. The zero-order valence-electron chi connectivity index (χ0n) is 12.5. The van der Waals surface area contributed by atoms with E-state index in [0.29, 0.717) is 6.42 Å². The van der Waals surface area contributed by atoms with Gasteiger partial charge in [0.05, 0.1) is 0 Å². The smallest absolute Gasteiger partial charge is 0.224 e. The van der Waals surface area contributed by atoms with Crippen molar-refractivity contribution in [2.24, 2.45) is 0 Å². The Hall–Kier alpha value is -2.36. The number of benzene rings is 1. The Kier molecular flexibility index (Phi) is 5.32. The summed E-state index contributed by atoms with van der Waals surface area (Å²) in [7, 11) is 2.07. The van der Waals surface area contributed by atoms with Gasteiger partial charge in [-0.15, -0.1) is 0 Å². The van der Waals surface area contributed by atoms with Crippen LogP contribution in [0.2, 0.25) is 0 Å². The lowest BCUT2D eigenvalue weighted by Crippen LogP contribution is -2.20. The minimum absolute atomic E-state index is 0.0359. The number of amides is 1. The molecule has 4 heteroatoms. The van der Waals surface area contributed by atoms with Crippen molar-refractivity contribution in [3.63, 3.8) is 0 Å². The van der Waals surface area contributed by atoms with Crippen LogP contribution in [0.1, 0.15) is 18.9 Å². The third-order valence-corrected chi connectivity index (χ3v) is 3.40. The Labute approximate surface area is 125 Å². The fraction of sp³-hybridized carbons (Fsp3) is 0.294. The van der Waals surface area contributed by atoms with E-state index in [1.54, 1.807) is 0 Å². The summed E-state index contributed by atoms with van der Waals surface area (Å²) < 4.78 is 0. The number of nitrogens with one attached hydrogen (secondary N) is 1. The van der Waals surface area contributed by atoms with Crippen LogP contribution in [0.3, 0.4) is 0 Å². The Balaban J connectivity index is 1.90. The maximum absolute atomic E-state index is 11.3. The van der Waals surface area contributed by atoms with Gasteiger partial charge in [0.1, 0.15) is 0 Å². The third-order valence-electron chi connectivity index (χ3n) is 3.40. The van der Waals surface area contributed by atoms with Crippen LogP contribution in [-0.2, 0) is 11.2 Å². The standard InChI is InChI=1S/C17H21N3O/c1-3-17(21)19-15-4-6-16(7-5-15)20(2)13-10-14-8-11-18-12-9-14/h4-9,11-12H,3,10,13H2,1-2H3,(H,19,21). The first-order valence-electron chi connectivity index (χ1n) is 7.19. The summed E-state index contributed by atoms with van der Waals surface area (Å²) in [5.74, 6) is 0.0359. The van der Waals surface area contributed by atoms with E-state index in [-0.39, 0.29) is 5.91 Å². The minimum atomic E-state index is 0.0359. The number of nitrogens with zero attached hydrogens (tertiary/aromatic N) is 2. The summed E-state index contributed by atoms with van der Waals surface area (Å²) >= 11 is 0. The molecule has 4 nitrogen and oxygen atoms in total. The largest absolute Gasteiger partial charge is 0.374 e. The molecule has 0 fully saturated rings. The first-order chi connectivity index (χ1) is 10.2. The second kappa shape index (κ2) is 7.43. The highest BCUT2D eigenvalue weighted by atomic mass is 16.1. The second-order valence-electron chi connectivity index (χ2n) is 4.98. The molecule has 2 rings (SSSR count). The number of anilines is 2. The molecule has 110 valence electrons. The van der Waals surface area contributed by atoms with Crippen molar-refractivity contribution in [1.29, 1.82) is 0 Å². The van der Waals surface area contributed by atoms with E-state index >= 15 is 0 Å². The third kappa shape index (κ3) is 4.60. The highest BCUT2D eigenvalue weighted by molar-refractivity contribution is 5.90. The summed E-state index contributed by atoms with van der Waals surface area (Å²) in [5, 5.41) is 2.85. The zero-order chi connectivity index (χ0) is 15.1. The quantitative estimate of drug-likeness (QED) is 0.886. The monoisotopic (exact) mass is 283 g/mol. The maximum Gasteiger partial charge on any atom is 0.224 e. The number of pyridine rings is 1. The second-order valence-corrected chi connectivity index (χ2v) is 4.98. The molecule has 21 heavy (non-hydrogen) atoms. The van der Waals surface area contributed by atoms with Gasteiger partial charge in [-0.25, -0.2) is 0 Å². The molecule has 0 saturated heterocycles. The van der Waals surface area contributed by atoms with Gasteiger partial charge >= 0.3 is 0 Å². The number of hydrogen-bond donors (Lipinski definition) is 1. The lowest BCUT2D eigenvalue weighted by atomic mass is 10.2. The average Bonchev–Trinajstić information content (AvgIpc) is 2.54. The van der Waals surface area contributed by atoms with Gasteiger partial charge in [0, 0.05) is 43.8 Å². The van der Waals surface area contributed by atoms with Gasteiger partial charge in [-0.2, -0.15) is 0 Å². The molecule has 0 unspecified atom stereocenters. The Morgan fingerprint density at radius 3 is 2.43 bits per heavy atom. The topological polar surface area (TPSA) is 45.2 Å². The van der Waals surface area contributed by atoms with Gasteiger partial charge in [-0.05, 0) is 48.4 Å². The number of hydrogen-bond acceptors (Lipinski definition) is 3. The molecule has 0 bridgehead atoms. The maximum atomic E-state index is 11.3. The van der Waals surface area contributed by atoms with Gasteiger partial charge in [0.15, 0.2) is 0 Å². The van der Waals surface area contributed by atoms with E-state index in [1.807, 2.05) is 55.7 Å². The molecule has 0 aliphatic rings. The molecule has 1 heterocycles. The molecule has 0 spiro atoms. The molecular formula is C17H21N3O. The van der Waals surface area contributed by atoms with Gasteiger partial charge < -0.3 is 10.2 Å². The molecule has 1 amide bonds. The number of likely N-dealkylation sites (N-methyl/N-ethyl adjacent to an activating group) is 1. The minimum Gasteiger partial charge on any atom is -0.374 e. The molecule has 1 aromatic carbocycles. The van der Waals surface area contributed by atoms with Gasteiger partial charge in [0.2, 0.25) is 5.91 Å². The first-order valence-corrected chi connectivity index (χ1v) is 7.19. The summed E-state index contributed by atoms with van der Waals surface area (Å²) in [4.78, 5) is 17.6. The van der Waals surface area contributed by atoms with Crippen LogP contribution in [-0.4, -0.2) is 24.5 Å². The number of carbonyl (C=O) groups is 1. The normalized spacial score (nSPS) is 10.2. The predicted molar refractivity (Wildman–Crippen MR) is 86.6 cm³/mol. The van der Waals surface area contributed by atoms with Crippen LogP contribution in [0, 0.1) is 0 Å². The van der Waals surface area contributed by atoms with E-state index in [0.717, 1.165) is 24.3 Å². The van der Waals surface area contributed by atoms with Crippen molar-refractivity contribution in [1.82, 2.24) is 4.98 Å². The summed E-state index contributed by atoms with van der Waals surface area (Å²) in [5.41, 5.74) is 3.26. The van der Waals surface area contributed by atoms with E-state index < -0.39 is 0 Å². The summed E-state index contributed by atoms with van der Waals surface area (Å²) in [6.45, 7) is 2.78. The van der Waals surface area contributed by atoms with Crippen LogP contribution in [0.5, 0.6) is 0 Å². The number of aromatic nitrogens is 1. The van der Waals surface area contributed by atoms with Crippen molar-refractivity contribution < 1.29 is 4.79 Å². The SMILES string of the molecule is CCC(=O)Nc1ccc(N(C)CCc2ccncc2)cc1. The van der Waals surface area contributed by atoms with Crippen molar-refractivity contribution in [3.05, 3.63) is 54.4 Å². The van der Waals surface area contributed by atoms with Crippen molar-refractivity contribution in [3.8, 4) is 0 Å². The van der Waals surface area contributed by atoms with Crippen LogP contribution < -0.4 is 10.2 Å². The average molecular weight is 283 g/mol. The molecular weight excluding hydrogens is 262 g/mol. The first kappa shape index (κ1) is 15.0. The Morgan fingerprint density at radius 2 is 1.81 bits per heavy atom. The van der Waals surface area contributed by atoms with Gasteiger partial charge in [0.25, 0.3) is 0 Å². The molecule has 0 atom stereocenters. The Morgan fingerprint density at radius 1 is 1.14 bits per heavy atom. The lowest BCUT2D eigenvalue weighted by Gasteiger charge is -2.19. The summed E-state index contributed by atoms with van der Waals surface area (Å²) in [6, 6.07) is 12.0. The van der Waals surface area contributed by atoms with Crippen molar-refractivity contribution in [2.45, 2.75) is 19.8 Å². The van der Waals surface area contributed by atoms with Gasteiger partial charge in [-0.3, -0.25) is 9.78 Å². The predicted octanol–water partition coefficient (Wildman–Crippen LogP) is 3.11. The fourth-order valence-corrected chi connectivity index (χ4v) is 2.02. The van der Waals surface area contributed by atoms with Crippen LogP contribution in [0.4, 0.5) is 11.4 Å². The fourth-order valence-electron chi connectivity index (χ4n) is 2.02. The van der Waals surface area contributed by atoms with Crippen molar-refractivity contribution >= 4 is 17.3 Å². The zero-order valence-corrected chi connectivity index (χ0v) is 12.5. The van der Waals surface area contributed by atoms with Crippen LogP contribution in [0.15, 0.2) is 48.8 Å². The molecule has 0 aliphatic heterocycles. The van der Waals surface area contributed by atoms with E-state index in [1.165, 1.54) is 5.56 Å². The molecule has 1 N–H and O–H groups in total. The number of carbonyl (C=O) groups excluding carboxylic acids is 1. The van der Waals surface area contributed by atoms with E-state index in [2.05, 4.69) is 22.2 Å². The van der Waals surface area contributed by atoms with E-state index in [9.17, 15) is 4.79 Å². The van der Waals surface area contributed by atoms with Crippen LogP contribution in [0.25, 0.3) is 0 Å². The highest BCUT2D eigenvalue weighted by Crippen LogP contribution is 2.17. The Bertz CT molecular complexity index is 566. The molecule has 1 aromatic heterocycles. The number of rotatable bonds is 6. The molecule has 0 saturated carbocycles.